The molecule has 21 heavy (non-hydrogen) atoms. The largest absolute Gasteiger partial charge is 0.243 e. The minimum Gasteiger partial charge on any atom is -0.207 e. The van der Waals surface area contributed by atoms with Gasteiger partial charge in [0.1, 0.15) is 0 Å². The first-order valence-corrected chi connectivity index (χ1v) is 9.05. The van der Waals surface area contributed by atoms with Gasteiger partial charge >= 0.3 is 0 Å². The van der Waals surface area contributed by atoms with Crippen molar-refractivity contribution in [3.05, 3.63) is 42.5 Å². The molecule has 0 spiro atoms. The molecule has 2 aromatic carbocycles. The lowest BCUT2D eigenvalue weighted by molar-refractivity contribution is 0.396. The molecule has 0 atom stereocenters. The van der Waals surface area contributed by atoms with Crippen molar-refractivity contribution in [2.75, 3.05) is 13.1 Å². The summed E-state index contributed by atoms with van der Waals surface area (Å²) in [7, 11) is -3.41. The summed E-state index contributed by atoms with van der Waals surface area (Å²) < 4.78 is 27.7. The molecule has 1 aliphatic rings. The Balaban J connectivity index is 2.05. The van der Waals surface area contributed by atoms with Gasteiger partial charge in [0.15, 0.2) is 0 Å². The maximum absolute atomic E-state index is 13.0. The molecule has 1 aliphatic carbocycles. The van der Waals surface area contributed by atoms with E-state index in [1.54, 1.807) is 10.4 Å². The Morgan fingerprint density at radius 1 is 1.10 bits per heavy atom. The molecule has 0 aromatic heterocycles. The van der Waals surface area contributed by atoms with Crippen LogP contribution in [0.5, 0.6) is 0 Å². The molecule has 112 valence electrons. The summed E-state index contributed by atoms with van der Waals surface area (Å²) in [6.07, 6.45) is 3.16. The monoisotopic (exact) mass is 303 g/mol. The molecule has 0 unspecified atom stereocenters. The zero-order valence-corrected chi connectivity index (χ0v) is 13.1. The van der Waals surface area contributed by atoms with Gasteiger partial charge in [0, 0.05) is 18.5 Å². The van der Waals surface area contributed by atoms with Crippen LogP contribution in [0.3, 0.4) is 0 Å². The molecule has 3 nitrogen and oxygen atoms in total. The molecular formula is C17H21NO2S. The molecular weight excluding hydrogens is 282 g/mol. The predicted molar refractivity (Wildman–Crippen MR) is 85.7 cm³/mol. The molecule has 0 bridgehead atoms. The fourth-order valence-electron chi connectivity index (χ4n) is 2.71. The Morgan fingerprint density at radius 3 is 2.52 bits per heavy atom. The van der Waals surface area contributed by atoms with Crippen molar-refractivity contribution >= 4 is 20.8 Å². The van der Waals surface area contributed by atoms with E-state index in [9.17, 15) is 8.42 Å². The van der Waals surface area contributed by atoms with Crippen LogP contribution in [0.25, 0.3) is 10.8 Å². The number of hydrogen-bond acceptors (Lipinski definition) is 2. The van der Waals surface area contributed by atoms with Crippen LogP contribution in [0.1, 0.15) is 26.2 Å². The minimum atomic E-state index is -3.41. The third-order valence-electron chi connectivity index (χ3n) is 4.00. The fourth-order valence-corrected chi connectivity index (χ4v) is 4.53. The van der Waals surface area contributed by atoms with E-state index in [0.29, 0.717) is 23.9 Å². The van der Waals surface area contributed by atoms with Crippen LogP contribution in [-0.4, -0.2) is 25.8 Å². The first-order valence-electron chi connectivity index (χ1n) is 7.61. The average molecular weight is 303 g/mol. The van der Waals surface area contributed by atoms with Gasteiger partial charge in [-0.2, -0.15) is 4.31 Å². The summed E-state index contributed by atoms with van der Waals surface area (Å²) >= 11 is 0. The standard InChI is InChI=1S/C17H21NO2S/c1-2-12-18(13-14-10-11-14)21(19,20)17-9-5-7-15-6-3-4-8-16(15)17/h3-9,14H,2,10-13H2,1H3. The lowest BCUT2D eigenvalue weighted by atomic mass is 10.1. The zero-order valence-electron chi connectivity index (χ0n) is 12.3. The number of rotatable bonds is 6. The minimum absolute atomic E-state index is 0.440. The van der Waals surface area contributed by atoms with E-state index in [-0.39, 0.29) is 0 Å². The van der Waals surface area contributed by atoms with Gasteiger partial charge in [-0.3, -0.25) is 0 Å². The van der Waals surface area contributed by atoms with E-state index in [4.69, 9.17) is 0 Å². The number of benzene rings is 2. The molecule has 4 heteroatoms. The zero-order chi connectivity index (χ0) is 14.9. The maximum Gasteiger partial charge on any atom is 0.243 e. The average Bonchev–Trinajstić information content (AvgIpc) is 3.30. The molecule has 0 amide bonds. The first kappa shape index (κ1) is 14.5. The van der Waals surface area contributed by atoms with Gasteiger partial charge in [0.2, 0.25) is 10.0 Å². The fraction of sp³-hybridized carbons (Fsp3) is 0.412. The smallest absolute Gasteiger partial charge is 0.207 e. The van der Waals surface area contributed by atoms with Gasteiger partial charge in [-0.25, -0.2) is 8.42 Å². The third-order valence-corrected chi connectivity index (χ3v) is 5.92. The van der Waals surface area contributed by atoms with Crippen LogP contribution >= 0.6 is 0 Å². The highest BCUT2D eigenvalue weighted by Gasteiger charge is 2.31. The van der Waals surface area contributed by atoms with Crippen LogP contribution in [0.15, 0.2) is 47.4 Å². The lowest BCUT2D eigenvalue weighted by Crippen LogP contribution is -2.33. The van der Waals surface area contributed by atoms with Crippen molar-refractivity contribution in [2.45, 2.75) is 31.1 Å². The summed E-state index contributed by atoms with van der Waals surface area (Å²) in [5.41, 5.74) is 0. The Hall–Kier alpha value is -1.39. The molecule has 3 rings (SSSR count). The van der Waals surface area contributed by atoms with E-state index >= 15 is 0 Å². The number of hydrogen-bond donors (Lipinski definition) is 0. The van der Waals surface area contributed by atoms with Crippen molar-refractivity contribution < 1.29 is 8.42 Å². The van der Waals surface area contributed by atoms with E-state index < -0.39 is 10.0 Å². The summed E-state index contributed by atoms with van der Waals surface area (Å²) in [5, 5.41) is 1.79. The molecule has 0 heterocycles. The molecule has 0 radical (unpaired) electrons. The van der Waals surface area contributed by atoms with E-state index in [1.807, 2.05) is 43.3 Å². The van der Waals surface area contributed by atoms with Crippen LogP contribution in [0, 0.1) is 5.92 Å². The van der Waals surface area contributed by atoms with Crippen LogP contribution in [0.4, 0.5) is 0 Å². The van der Waals surface area contributed by atoms with Gasteiger partial charge in [-0.05, 0) is 36.6 Å². The van der Waals surface area contributed by atoms with E-state index in [2.05, 4.69) is 0 Å². The van der Waals surface area contributed by atoms with Gasteiger partial charge < -0.3 is 0 Å². The van der Waals surface area contributed by atoms with Crippen molar-refractivity contribution in [3.8, 4) is 0 Å². The van der Waals surface area contributed by atoms with Crippen molar-refractivity contribution in [1.82, 2.24) is 4.31 Å². The normalized spacial score (nSPS) is 15.7. The van der Waals surface area contributed by atoms with Crippen molar-refractivity contribution in [2.24, 2.45) is 5.92 Å². The second kappa shape index (κ2) is 5.78. The molecule has 0 N–H and O–H groups in total. The molecule has 1 saturated carbocycles. The number of fused-ring (bicyclic) bond motifs is 1. The van der Waals surface area contributed by atoms with Gasteiger partial charge in [0.05, 0.1) is 4.90 Å². The summed E-state index contributed by atoms with van der Waals surface area (Å²) in [4.78, 5) is 0.440. The van der Waals surface area contributed by atoms with Crippen LogP contribution in [-0.2, 0) is 10.0 Å². The molecule has 2 aromatic rings. The second-order valence-electron chi connectivity index (χ2n) is 5.78. The number of sulfonamides is 1. The van der Waals surface area contributed by atoms with Crippen LogP contribution < -0.4 is 0 Å². The Morgan fingerprint density at radius 2 is 1.81 bits per heavy atom. The highest BCUT2D eigenvalue weighted by molar-refractivity contribution is 7.89. The SMILES string of the molecule is CCCN(CC1CC1)S(=O)(=O)c1cccc2ccccc12. The van der Waals surface area contributed by atoms with Crippen molar-refractivity contribution in [3.63, 3.8) is 0 Å². The summed E-state index contributed by atoms with van der Waals surface area (Å²) in [5.74, 6) is 0.557. The highest BCUT2D eigenvalue weighted by Crippen LogP contribution is 2.33. The molecule has 0 saturated heterocycles. The van der Waals surface area contributed by atoms with Crippen molar-refractivity contribution in [1.29, 1.82) is 0 Å². The van der Waals surface area contributed by atoms with E-state index in [1.165, 1.54) is 0 Å². The third kappa shape index (κ3) is 2.97. The Bertz CT molecular complexity index is 730. The highest BCUT2D eigenvalue weighted by atomic mass is 32.2. The first-order chi connectivity index (χ1) is 10.1. The number of nitrogens with zero attached hydrogens (tertiary/aromatic N) is 1. The van der Waals surface area contributed by atoms with Gasteiger partial charge in [0.25, 0.3) is 0 Å². The summed E-state index contributed by atoms with van der Waals surface area (Å²) in [6, 6.07) is 13.2. The second-order valence-corrected chi connectivity index (χ2v) is 7.69. The van der Waals surface area contributed by atoms with Gasteiger partial charge in [-0.1, -0.05) is 43.3 Å². The maximum atomic E-state index is 13.0. The molecule has 0 aliphatic heterocycles. The summed E-state index contributed by atoms with van der Waals surface area (Å²) in [6.45, 7) is 3.29. The Kier molecular flexibility index (Phi) is 4.00. The van der Waals surface area contributed by atoms with Crippen LogP contribution in [0.2, 0.25) is 0 Å². The predicted octanol–water partition coefficient (Wildman–Crippen LogP) is 3.65. The van der Waals surface area contributed by atoms with E-state index in [0.717, 1.165) is 30.0 Å². The topological polar surface area (TPSA) is 37.4 Å². The molecule has 1 fully saturated rings. The quantitative estimate of drug-likeness (QED) is 0.817. The Labute approximate surface area is 126 Å². The van der Waals surface area contributed by atoms with Gasteiger partial charge in [-0.15, -0.1) is 0 Å². The lowest BCUT2D eigenvalue weighted by Gasteiger charge is -2.22.